The molecule has 5 heterocycles. The average molecular weight is 1320 g/mol. The van der Waals surface area contributed by atoms with Crippen LogP contribution in [0, 0.1) is 22.7 Å². The summed E-state index contributed by atoms with van der Waals surface area (Å²) in [6, 6.07) is 76.8. The molecule has 0 spiro atoms. The molecule has 8 heteroatoms. The van der Waals surface area contributed by atoms with Crippen molar-refractivity contribution < 1.29 is 16.4 Å². The molecule has 482 valence electrons. The third-order valence-corrected chi connectivity index (χ3v) is 20.7. The number of hydrogen-bond donors (Lipinski definition) is 0. The van der Waals surface area contributed by atoms with Gasteiger partial charge in [0.1, 0.15) is 11.6 Å². The molecule has 2 aliphatic rings. The highest BCUT2D eigenvalue weighted by Gasteiger charge is 2.45. The first-order chi connectivity index (χ1) is 54.8. The highest BCUT2D eigenvalue weighted by Crippen LogP contribution is 2.51. The lowest BCUT2D eigenvalue weighted by molar-refractivity contribution is 0.590. The van der Waals surface area contributed by atoms with Crippen molar-refractivity contribution >= 4 is 123 Å². The van der Waals surface area contributed by atoms with Crippen LogP contribution in [0.1, 0.15) is 80.2 Å². The van der Waals surface area contributed by atoms with Crippen LogP contribution in [0.4, 0.5) is 34.1 Å². The second-order valence-electron chi connectivity index (χ2n) is 28.6. The van der Waals surface area contributed by atoms with E-state index in [0.717, 1.165) is 87.9 Å². The number of nitriles is 2. The van der Waals surface area contributed by atoms with E-state index in [9.17, 15) is 21.5 Å². The van der Waals surface area contributed by atoms with Gasteiger partial charge in [0.25, 0.3) is 6.71 Å². The lowest BCUT2D eigenvalue weighted by Gasteiger charge is -2.45. The Kier molecular flexibility index (Phi) is 10.9. The van der Waals surface area contributed by atoms with Gasteiger partial charge in [-0.25, -0.2) is 0 Å². The molecule has 19 rings (SSSR count). The van der Waals surface area contributed by atoms with Crippen LogP contribution in [0.3, 0.4) is 0 Å². The molecule has 7 nitrogen and oxygen atoms in total. The van der Waals surface area contributed by atoms with Gasteiger partial charge in [-0.15, -0.1) is 0 Å². The third kappa shape index (κ3) is 9.33. The van der Waals surface area contributed by atoms with E-state index >= 15 is 0 Å². The summed E-state index contributed by atoms with van der Waals surface area (Å²) >= 11 is 0. The van der Waals surface area contributed by atoms with Crippen molar-refractivity contribution in [2.24, 2.45) is 0 Å². The zero-order valence-electron chi connectivity index (χ0n) is 68.6. The first kappa shape index (κ1) is 48.8. The fraction of sp³-hybridized carbons (Fsp3) is 0.0851. The maximum absolute atomic E-state index is 12.6. The number of rotatable bonds is 8. The van der Waals surface area contributed by atoms with Gasteiger partial charge in [-0.3, -0.25) is 0 Å². The van der Waals surface area contributed by atoms with Crippen LogP contribution in [0.15, 0.2) is 303 Å². The Morgan fingerprint density at radius 1 is 0.324 bits per heavy atom. The molecule has 3 aromatic heterocycles. The fourth-order valence-corrected chi connectivity index (χ4v) is 15.9. The van der Waals surface area contributed by atoms with Gasteiger partial charge in [0.05, 0.1) is 78.2 Å². The maximum atomic E-state index is 12.6. The van der Waals surface area contributed by atoms with Gasteiger partial charge in [-0.1, -0.05) is 223 Å². The minimum atomic E-state index is -0.775. The van der Waals surface area contributed by atoms with Gasteiger partial charge in [-0.2, -0.15) is 10.5 Å². The Bertz CT molecular complexity index is 7010. The molecular weight excluding hydrogens is 1240 g/mol. The average Bonchev–Trinajstić information content (AvgIpc) is 0.955. The summed E-state index contributed by atoms with van der Waals surface area (Å²) in [6.07, 6.45) is 0. The Labute approximate surface area is 610 Å². The molecule has 0 N–H and O–H groups in total. The highest BCUT2D eigenvalue weighted by molar-refractivity contribution is 7.00. The second kappa shape index (κ2) is 22.8. The summed E-state index contributed by atoms with van der Waals surface area (Å²) in [6.45, 7) is 12.5. The molecule has 0 saturated heterocycles. The lowest BCUT2D eigenvalue weighted by Crippen LogP contribution is -2.61. The maximum Gasteiger partial charge on any atom is 0.252 e. The molecule has 14 aromatic carbocycles. The largest absolute Gasteiger partial charge is 0.311 e. The van der Waals surface area contributed by atoms with Crippen LogP contribution in [0.25, 0.3) is 116 Å². The summed E-state index contributed by atoms with van der Waals surface area (Å²) in [4.78, 5) is 4.35. The van der Waals surface area contributed by atoms with E-state index in [1.54, 1.807) is 6.07 Å². The molecular formula is C94H68BN7. The summed E-state index contributed by atoms with van der Waals surface area (Å²) in [7, 11) is 0. The van der Waals surface area contributed by atoms with E-state index in [2.05, 4.69) is 170 Å². The smallest absolute Gasteiger partial charge is 0.252 e. The molecule has 102 heavy (non-hydrogen) atoms. The van der Waals surface area contributed by atoms with E-state index in [4.69, 9.17) is 5.48 Å². The van der Waals surface area contributed by atoms with Gasteiger partial charge in [0.2, 0.25) is 0 Å². The van der Waals surface area contributed by atoms with E-state index in [0.29, 0.717) is 56.5 Å². The molecule has 0 atom stereocenters. The molecule has 0 radical (unpaired) electrons. The molecule has 0 bridgehead atoms. The summed E-state index contributed by atoms with van der Waals surface area (Å²) in [5.41, 5.74) is 16.2. The molecule has 0 saturated carbocycles. The molecule has 0 amide bonds. The first-order valence-electron chi connectivity index (χ1n) is 40.2. The summed E-state index contributed by atoms with van der Waals surface area (Å²) in [5.74, 6) is 0. The number of fused-ring (bicyclic) bond motifs is 13. The molecule has 17 aromatic rings. The molecule has 0 fully saturated rings. The van der Waals surface area contributed by atoms with Crippen LogP contribution in [-0.2, 0) is 10.8 Å². The van der Waals surface area contributed by atoms with Crippen molar-refractivity contribution in [1.29, 1.82) is 10.5 Å². The minimum absolute atomic E-state index is 0.0000297. The minimum Gasteiger partial charge on any atom is -0.311 e. The molecule has 0 aliphatic carbocycles. The van der Waals surface area contributed by atoms with E-state index in [1.165, 1.54) is 4.57 Å². The molecule has 0 unspecified atom stereocenters. The van der Waals surface area contributed by atoms with Crippen LogP contribution in [0.2, 0.25) is 0 Å². The quantitative estimate of drug-likeness (QED) is 0.142. The third-order valence-electron chi connectivity index (χ3n) is 20.7. The number of anilines is 6. The van der Waals surface area contributed by atoms with E-state index < -0.39 is 72.7 Å². The predicted molar refractivity (Wildman–Crippen MR) is 427 cm³/mol. The Morgan fingerprint density at radius 2 is 0.863 bits per heavy atom. The lowest BCUT2D eigenvalue weighted by atomic mass is 9.33. The van der Waals surface area contributed by atoms with Crippen LogP contribution < -0.4 is 26.2 Å². The Balaban J connectivity index is 1.02. The standard InChI is InChI=1S/C94H68BN7/c1-93(2,3)66-39-45-86-75(52-66)76-53-67(94(4,5)6)40-46-87(76)99(86)70-55-90-92-91(56-70)102(84-36-22-35-83(77(84)58-97)101-81-33-20-16-29-71(81)72-30-17-21-34-82(72)101)89-54-68(98-80-32-19-18-31-73(80)74-47-59(57-96)37-44-85(74)98)41-43-79(89)95(92)78-42-38-63(60-23-10-7-11-24-60)51-88(78)100(90)69-49-64(61-25-12-8-13-26-61)48-65(50-69)62-27-14-9-15-28-62/h7-56H,1-6H3/i7D,10D,11D,18D,19D,23D,24D,31D,32D,37D,44D,47D. The number of nitrogens with zero attached hydrogens (tertiary/aromatic N) is 7. The van der Waals surface area contributed by atoms with Crippen LogP contribution >= 0.6 is 0 Å². The van der Waals surface area contributed by atoms with Crippen molar-refractivity contribution in [3.8, 4) is 62.6 Å². The highest BCUT2D eigenvalue weighted by atomic mass is 15.2. The van der Waals surface area contributed by atoms with Crippen LogP contribution in [-0.4, -0.2) is 20.4 Å². The first-order valence-corrected chi connectivity index (χ1v) is 34.2. The number of aromatic nitrogens is 3. The van der Waals surface area contributed by atoms with Gasteiger partial charge in [0, 0.05) is 66.4 Å². The number of para-hydroxylation sites is 3. The van der Waals surface area contributed by atoms with Gasteiger partial charge >= 0.3 is 0 Å². The number of benzene rings is 14. The van der Waals surface area contributed by atoms with Crippen molar-refractivity contribution in [2.75, 3.05) is 9.80 Å². The van der Waals surface area contributed by atoms with Crippen molar-refractivity contribution in [3.63, 3.8) is 0 Å². The Hall–Kier alpha value is -12.9. The van der Waals surface area contributed by atoms with Crippen LogP contribution in [0.5, 0.6) is 0 Å². The zero-order chi connectivity index (χ0) is 79.3. The summed E-state index contributed by atoms with van der Waals surface area (Å²) < 4.78 is 119. The van der Waals surface area contributed by atoms with Gasteiger partial charge < -0.3 is 23.5 Å². The van der Waals surface area contributed by atoms with Gasteiger partial charge in [-0.05, 0) is 193 Å². The van der Waals surface area contributed by atoms with Gasteiger partial charge in [0.15, 0.2) is 0 Å². The normalized spacial score (nSPS) is 14.4. The monoisotopic (exact) mass is 1320 g/mol. The topological polar surface area (TPSA) is 68.8 Å². The fourth-order valence-electron chi connectivity index (χ4n) is 15.9. The predicted octanol–water partition coefficient (Wildman–Crippen LogP) is 22.4. The van der Waals surface area contributed by atoms with Crippen molar-refractivity contribution in [3.05, 3.63) is 325 Å². The number of hydrogen-bond acceptors (Lipinski definition) is 4. The summed E-state index contributed by atoms with van der Waals surface area (Å²) in [5, 5.41) is 26.9. The SMILES string of the molecule is [2H]c1c([2H])c([2H])c(-c2ccc3c(c2)N(c2cc(-c4ccccc4)cc(-c4ccccc4)c2)c2cc(-n4c5ccc(C(C)(C)C)cc5c5cc(C(C)(C)C)ccc54)cc4c2B3c2ccc(-n3c5c([2H])c([2H])c([2H])c([2H])c5c5c([2H])c(C#N)c([2H])c([2H])c53)cc2N4c2cccc(-n3c4ccccc4c4ccccc43)c2C#N)c([2H])c1[2H]. The zero-order valence-corrected chi connectivity index (χ0v) is 56.6. The molecule has 2 aliphatic heterocycles. The second-order valence-corrected chi connectivity index (χ2v) is 28.6. The van der Waals surface area contributed by atoms with E-state index in [-0.39, 0.29) is 61.5 Å². The van der Waals surface area contributed by atoms with E-state index in [1.807, 2.05) is 127 Å². The van der Waals surface area contributed by atoms with Crippen molar-refractivity contribution in [1.82, 2.24) is 13.7 Å². The van der Waals surface area contributed by atoms with Crippen molar-refractivity contribution in [2.45, 2.75) is 52.4 Å². The Morgan fingerprint density at radius 3 is 1.49 bits per heavy atom.